The molecule has 8 nitrogen and oxygen atoms in total. The second-order valence-corrected chi connectivity index (χ2v) is 8.45. The number of sulfonamides is 1. The smallest absolute Gasteiger partial charge is 0.338 e. The lowest BCUT2D eigenvalue weighted by Crippen LogP contribution is -2.33. The Hall–Kier alpha value is -3.22. The molecule has 152 valence electrons. The van der Waals surface area contributed by atoms with E-state index < -0.39 is 28.5 Å². The van der Waals surface area contributed by atoms with Crippen molar-refractivity contribution in [3.63, 3.8) is 0 Å². The number of nitriles is 1. The number of amides is 1. The van der Waals surface area contributed by atoms with E-state index in [0.717, 1.165) is 0 Å². The average Bonchev–Trinajstić information content (AvgIpc) is 2.72. The molecule has 9 heteroatoms. The molecule has 0 saturated heterocycles. The third-order valence-electron chi connectivity index (χ3n) is 4.11. The predicted octanol–water partition coefficient (Wildman–Crippen LogP) is 2.38. The number of carbonyl (C=O) groups is 2. The van der Waals surface area contributed by atoms with Crippen molar-refractivity contribution >= 4 is 27.6 Å². The summed E-state index contributed by atoms with van der Waals surface area (Å²) < 4.78 is 31.3. The van der Waals surface area contributed by atoms with Crippen LogP contribution in [0.4, 0.5) is 5.69 Å². The maximum Gasteiger partial charge on any atom is 0.338 e. The molecule has 0 aliphatic carbocycles. The van der Waals surface area contributed by atoms with Gasteiger partial charge in [0.25, 0.3) is 5.91 Å². The molecule has 0 aromatic heterocycles. The Morgan fingerprint density at radius 1 is 1.17 bits per heavy atom. The molecule has 0 radical (unpaired) electrons. The van der Waals surface area contributed by atoms with Gasteiger partial charge in [-0.25, -0.2) is 13.2 Å². The van der Waals surface area contributed by atoms with Crippen molar-refractivity contribution in [3.05, 3.63) is 59.7 Å². The monoisotopic (exact) mass is 415 g/mol. The Morgan fingerprint density at radius 3 is 2.41 bits per heavy atom. The van der Waals surface area contributed by atoms with Crippen LogP contribution in [0.1, 0.15) is 29.8 Å². The minimum absolute atomic E-state index is 0.0226. The lowest BCUT2D eigenvalue weighted by Gasteiger charge is -2.21. The van der Waals surface area contributed by atoms with Crippen molar-refractivity contribution in [2.75, 3.05) is 19.0 Å². The van der Waals surface area contributed by atoms with Crippen LogP contribution in [0.5, 0.6) is 0 Å². The molecule has 0 aliphatic heterocycles. The molecule has 2 aromatic carbocycles. The van der Waals surface area contributed by atoms with Crippen LogP contribution < -0.4 is 5.32 Å². The number of nitrogens with zero attached hydrogens (tertiary/aromatic N) is 2. The summed E-state index contributed by atoms with van der Waals surface area (Å²) in [6.45, 7) is 2.94. The van der Waals surface area contributed by atoms with Gasteiger partial charge in [-0.3, -0.25) is 4.79 Å². The molecule has 0 spiro atoms. The summed E-state index contributed by atoms with van der Waals surface area (Å²) in [6.07, 6.45) is 0. The standard InChI is InChI=1S/C20H21N3O5S/c1-14(2)23(3)29(26,27)18-6-4-5-16(11-18)20(25)28-13-19(24)22-17-9-7-15(12-21)8-10-17/h4-11,14H,13H2,1-3H3,(H,22,24). The fourth-order valence-corrected chi connectivity index (χ4v) is 3.68. The van der Waals surface area contributed by atoms with Gasteiger partial charge in [-0.05, 0) is 56.3 Å². The zero-order chi connectivity index (χ0) is 21.6. The van der Waals surface area contributed by atoms with Crippen LogP contribution in [-0.2, 0) is 19.6 Å². The lowest BCUT2D eigenvalue weighted by molar-refractivity contribution is -0.119. The van der Waals surface area contributed by atoms with Gasteiger partial charge in [0.05, 0.1) is 22.1 Å². The van der Waals surface area contributed by atoms with E-state index in [2.05, 4.69) is 5.32 Å². The van der Waals surface area contributed by atoms with Gasteiger partial charge in [-0.15, -0.1) is 0 Å². The highest BCUT2D eigenvalue weighted by molar-refractivity contribution is 7.89. The van der Waals surface area contributed by atoms with Crippen molar-refractivity contribution < 1.29 is 22.7 Å². The number of anilines is 1. The quantitative estimate of drug-likeness (QED) is 0.694. The number of hydrogen-bond donors (Lipinski definition) is 1. The van der Waals surface area contributed by atoms with E-state index in [-0.39, 0.29) is 16.5 Å². The highest BCUT2D eigenvalue weighted by atomic mass is 32.2. The summed E-state index contributed by atoms with van der Waals surface area (Å²) in [4.78, 5) is 24.1. The Labute approximate surface area is 169 Å². The van der Waals surface area contributed by atoms with Crippen molar-refractivity contribution in [1.29, 1.82) is 5.26 Å². The molecular weight excluding hydrogens is 394 g/mol. The molecule has 0 bridgehead atoms. The minimum atomic E-state index is -3.75. The molecule has 2 rings (SSSR count). The molecule has 0 atom stereocenters. The van der Waals surface area contributed by atoms with Gasteiger partial charge >= 0.3 is 5.97 Å². The Kier molecular flexibility index (Phi) is 7.09. The average molecular weight is 415 g/mol. The summed E-state index contributed by atoms with van der Waals surface area (Å²) in [5.74, 6) is -1.38. The fourth-order valence-electron chi connectivity index (χ4n) is 2.27. The van der Waals surface area contributed by atoms with Gasteiger partial charge in [0.15, 0.2) is 6.61 Å². The van der Waals surface area contributed by atoms with Crippen molar-refractivity contribution in [2.45, 2.75) is 24.8 Å². The van der Waals surface area contributed by atoms with E-state index in [9.17, 15) is 18.0 Å². The van der Waals surface area contributed by atoms with Gasteiger partial charge in [0.2, 0.25) is 10.0 Å². The van der Waals surface area contributed by atoms with Crippen LogP contribution in [0, 0.1) is 11.3 Å². The molecule has 0 fully saturated rings. The number of benzene rings is 2. The number of rotatable bonds is 7. The summed E-state index contributed by atoms with van der Waals surface area (Å²) in [7, 11) is -2.29. The first-order valence-electron chi connectivity index (χ1n) is 8.70. The van der Waals surface area contributed by atoms with Crippen LogP contribution >= 0.6 is 0 Å². The van der Waals surface area contributed by atoms with E-state index in [1.54, 1.807) is 38.1 Å². The zero-order valence-corrected chi connectivity index (χ0v) is 17.1. The maximum absolute atomic E-state index is 12.6. The third kappa shape index (κ3) is 5.63. The number of ether oxygens (including phenoxy) is 1. The molecule has 0 heterocycles. The van der Waals surface area contributed by atoms with E-state index in [1.807, 2.05) is 6.07 Å². The number of hydrogen-bond acceptors (Lipinski definition) is 6. The van der Waals surface area contributed by atoms with Gasteiger partial charge in [-0.2, -0.15) is 9.57 Å². The van der Waals surface area contributed by atoms with Crippen LogP contribution in [0.25, 0.3) is 0 Å². The molecule has 29 heavy (non-hydrogen) atoms. The Bertz CT molecular complexity index is 1040. The summed E-state index contributed by atoms with van der Waals surface area (Å²) in [6, 6.07) is 13.4. The molecule has 1 amide bonds. The summed E-state index contributed by atoms with van der Waals surface area (Å²) in [5.41, 5.74) is 0.927. The number of esters is 1. The van der Waals surface area contributed by atoms with E-state index in [1.165, 1.54) is 35.6 Å². The molecular formula is C20H21N3O5S. The summed E-state index contributed by atoms with van der Waals surface area (Å²) >= 11 is 0. The second-order valence-electron chi connectivity index (χ2n) is 6.46. The first kappa shape index (κ1) is 22.1. The number of nitrogens with one attached hydrogen (secondary N) is 1. The van der Waals surface area contributed by atoms with Crippen LogP contribution in [0.3, 0.4) is 0 Å². The van der Waals surface area contributed by atoms with Gasteiger partial charge in [0.1, 0.15) is 0 Å². The van der Waals surface area contributed by atoms with Crippen molar-refractivity contribution in [2.24, 2.45) is 0 Å². The van der Waals surface area contributed by atoms with E-state index in [0.29, 0.717) is 11.3 Å². The minimum Gasteiger partial charge on any atom is -0.452 e. The third-order valence-corrected chi connectivity index (χ3v) is 6.14. The van der Waals surface area contributed by atoms with Gasteiger partial charge in [0, 0.05) is 18.8 Å². The topological polar surface area (TPSA) is 117 Å². The first-order chi connectivity index (χ1) is 13.6. The number of carbonyl (C=O) groups excluding carboxylic acids is 2. The van der Waals surface area contributed by atoms with E-state index >= 15 is 0 Å². The fraction of sp³-hybridized carbons (Fsp3) is 0.250. The molecule has 0 saturated carbocycles. The van der Waals surface area contributed by atoms with Crippen molar-refractivity contribution in [1.82, 2.24) is 4.31 Å². The highest BCUT2D eigenvalue weighted by Crippen LogP contribution is 2.18. The van der Waals surface area contributed by atoms with Gasteiger partial charge < -0.3 is 10.1 Å². The van der Waals surface area contributed by atoms with E-state index in [4.69, 9.17) is 10.00 Å². The van der Waals surface area contributed by atoms with Crippen LogP contribution in [-0.4, -0.2) is 44.3 Å². The molecule has 0 aliphatic rings. The molecule has 2 aromatic rings. The lowest BCUT2D eigenvalue weighted by atomic mass is 10.2. The van der Waals surface area contributed by atoms with Crippen LogP contribution in [0.15, 0.2) is 53.4 Å². The molecule has 1 N–H and O–H groups in total. The Balaban J connectivity index is 2.02. The first-order valence-corrected chi connectivity index (χ1v) is 10.1. The van der Waals surface area contributed by atoms with Crippen LogP contribution in [0.2, 0.25) is 0 Å². The van der Waals surface area contributed by atoms with Gasteiger partial charge in [-0.1, -0.05) is 6.07 Å². The predicted molar refractivity (Wildman–Crippen MR) is 107 cm³/mol. The largest absolute Gasteiger partial charge is 0.452 e. The zero-order valence-electron chi connectivity index (χ0n) is 16.2. The summed E-state index contributed by atoms with van der Waals surface area (Å²) in [5, 5.41) is 11.3. The Morgan fingerprint density at radius 2 is 1.83 bits per heavy atom. The molecule has 0 unspecified atom stereocenters. The normalized spacial score (nSPS) is 11.2. The maximum atomic E-state index is 12.6. The second kappa shape index (κ2) is 9.32. The SMILES string of the molecule is CC(C)N(C)S(=O)(=O)c1cccc(C(=O)OCC(=O)Nc2ccc(C#N)cc2)c1. The van der Waals surface area contributed by atoms with Crippen molar-refractivity contribution in [3.8, 4) is 6.07 Å². The highest BCUT2D eigenvalue weighted by Gasteiger charge is 2.24.